The number of para-hydroxylation sites is 1. The van der Waals surface area contributed by atoms with E-state index in [-0.39, 0.29) is 6.10 Å². The summed E-state index contributed by atoms with van der Waals surface area (Å²) < 4.78 is 11.6. The molecule has 0 aromatic heterocycles. The summed E-state index contributed by atoms with van der Waals surface area (Å²) in [6, 6.07) is 5.89. The van der Waals surface area contributed by atoms with Gasteiger partial charge in [0.2, 0.25) is 0 Å². The fourth-order valence-electron chi connectivity index (χ4n) is 1.56. The number of hydrogen-bond acceptors (Lipinski definition) is 3. The molecule has 3 heteroatoms. The molecule has 0 amide bonds. The first-order valence-corrected chi connectivity index (χ1v) is 5.86. The van der Waals surface area contributed by atoms with Gasteiger partial charge in [0.1, 0.15) is 0 Å². The summed E-state index contributed by atoms with van der Waals surface area (Å²) in [5, 5.41) is 0. The molecular formula is C13H19NO2. The van der Waals surface area contributed by atoms with Crippen LogP contribution < -0.4 is 15.2 Å². The van der Waals surface area contributed by atoms with Crippen LogP contribution in [0.1, 0.15) is 32.3 Å². The topological polar surface area (TPSA) is 44.5 Å². The van der Waals surface area contributed by atoms with Crippen LogP contribution in [0, 0.1) is 0 Å². The van der Waals surface area contributed by atoms with E-state index in [0.29, 0.717) is 12.6 Å². The Hall–Kier alpha value is -1.22. The minimum Gasteiger partial charge on any atom is -0.487 e. The third-order valence-corrected chi connectivity index (χ3v) is 2.45. The molecule has 2 rings (SSSR count). The molecule has 2 N–H and O–H groups in total. The zero-order valence-corrected chi connectivity index (χ0v) is 9.90. The van der Waals surface area contributed by atoms with Crippen molar-refractivity contribution in [2.24, 2.45) is 5.73 Å². The third kappa shape index (κ3) is 2.67. The van der Waals surface area contributed by atoms with E-state index in [2.05, 4.69) is 0 Å². The Labute approximate surface area is 96.5 Å². The van der Waals surface area contributed by atoms with Crippen molar-refractivity contribution < 1.29 is 9.47 Å². The summed E-state index contributed by atoms with van der Waals surface area (Å²) in [7, 11) is 0. The summed E-state index contributed by atoms with van der Waals surface area (Å²) in [6.07, 6.45) is 2.79. The zero-order valence-electron chi connectivity index (χ0n) is 9.90. The minimum absolute atomic E-state index is 0.148. The van der Waals surface area contributed by atoms with Gasteiger partial charge in [-0.15, -0.1) is 0 Å². The van der Waals surface area contributed by atoms with Crippen molar-refractivity contribution in [1.82, 2.24) is 0 Å². The second kappa shape index (κ2) is 4.74. The molecule has 1 aliphatic rings. The molecule has 0 saturated heterocycles. The van der Waals surface area contributed by atoms with Crippen LogP contribution in [-0.4, -0.2) is 12.2 Å². The lowest BCUT2D eigenvalue weighted by Gasteiger charge is -2.17. The molecule has 1 saturated carbocycles. The minimum atomic E-state index is 0.148. The van der Waals surface area contributed by atoms with Gasteiger partial charge in [0.25, 0.3) is 0 Å². The Morgan fingerprint density at radius 3 is 2.69 bits per heavy atom. The summed E-state index contributed by atoms with van der Waals surface area (Å²) in [5.41, 5.74) is 6.73. The first-order chi connectivity index (χ1) is 7.70. The first kappa shape index (κ1) is 11.3. The Kier molecular flexibility index (Phi) is 3.34. The molecule has 88 valence electrons. The highest BCUT2D eigenvalue weighted by Gasteiger charge is 2.26. The van der Waals surface area contributed by atoms with E-state index in [1.807, 2.05) is 32.0 Å². The van der Waals surface area contributed by atoms with Crippen molar-refractivity contribution in [3.05, 3.63) is 23.8 Å². The number of nitrogens with two attached hydrogens (primary N) is 1. The lowest BCUT2D eigenvalue weighted by molar-refractivity contribution is 0.216. The molecule has 1 aromatic rings. The monoisotopic (exact) mass is 221 g/mol. The molecule has 0 bridgehead atoms. The molecule has 1 aromatic carbocycles. The predicted molar refractivity (Wildman–Crippen MR) is 63.7 cm³/mol. The number of benzene rings is 1. The van der Waals surface area contributed by atoms with Crippen LogP contribution in [0.4, 0.5) is 0 Å². The fourth-order valence-corrected chi connectivity index (χ4v) is 1.56. The van der Waals surface area contributed by atoms with Gasteiger partial charge < -0.3 is 15.2 Å². The van der Waals surface area contributed by atoms with E-state index >= 15 is 0 Å². The summed E-state index contributed by atoms with van der Waals surface area (Å²) >= 11 is 0. The maximum absolute atomic E-state index is 5.87. The van der Waals surface area contributed by atoms with Gasteiger partial charge in [0.15, 0.2) is 11.5 Å². The molecule has 1 fully saturated rings. The van der Waals surface area contributed by atoms with Crippen LogP contribution >= 0.6 is 0 Å². The average molecular weight is 221 g/mol. The van der Waals surface area contributed by atoms with Gasteiger partial charge in [-0.2, -0.15) is 0 Å². The zero-order chi connectivity index (χ0) is 11.5. The second-order valence-corrected chi connectivity index (χ2v) is 4.43. The molecule has 0 aliphatic heterocycles. The number of ether oxygens (including phenoxy) is 2. The first-order valence-electron chi connectivity index (χ1n) is 5.86. The van der Waals surface area contributed by atoms with E-state index in [4.69, 9.17) is 15.2 Å². The second-order valence-electron chi connectivity index (χ2n) is 4.43. The van der Waals surface area contributed by atoms with Crippen molar-refractivity contribution in [3.63, 3.8) is 0 Å². The molecular weight excluding hydrogens is 202 g/mol. The standard InChI is InChI=1S/C13H19NO2/c1-9(2)15-12-5-3-4-10(8-14)13(12)16-11-6-7-11/h3-5,9,11H,6-8,14H2,1-2H3. The van der Waals surface area contributed by atoms with E-state index < -0.39 is 0 Å². The van der Waals surface area contributed by atoms with Crippen LogP contribution in [0.2, 0.25) is 0 Å². The molecule has 16 heavy (non-hydrogen) atoms. The summed E-state index contributed by atoms with van der Waals surface area (Å²) in [6.45, 7) is 4.50. The highest BCUT2D eigenvalue weighted by molar-refractivity contribution is 5.47. The maximum Gasteiger partial charge on any atom is 0.166 e. The van der Waals surface area contributed by atoms with Gasteiger partial charge in [0.05, 0.1) is 12.2 Å². The normalized spacial score (nSPS) is 15.2. The SMILES string of the molecule is CC(C)Oc1cccc(CN)c1OC1CC1. The lowest BCUT2D eigenvalue weighted by atomic mass is 10.2. The van der Waals surface area contributed by atoms with Crippen molar-refractivity contribution in [1.29, 1.82) is 0 Å². The summed E-state index contributed by atoms with van der Waals surface area (Å²) in [5.74, 6) is 1.64. The van der Waals surface area contributed by atoms with Gasteiger partial charge in [-0.25, -0.2) is 0 Å². The number of hydrogen-bond donors (Lipinski definition) is 1. The van der Waals surface area contributed by atoms with Crippen LogP contribution in [0.5, 0.6) is 11.5 Å². The summed E-state index contributed by atoms with van der Waals surface area (Å²) in [4.78, 5) is 0. The van der Waals surface area contributed by atoms with E-state index in [1.165, 1.54) is 0 Å². The molecule has 0 spiro atoms. The molecule has 0 radical (unpaired) electrons. The highest BCUT2D eigenvalue weighted by Crippen LogP contribution is 2.36. The largest absolute Gasteiger partial charge is 0.487 e. The Morgan fingerprint density at radius 2 is 2.12 bits per heavy atom. The maximum atomic E-state index is 5.87. The molecule has 3 nitrogen and oxygen atoms in total. The van der Waals surface area contributed by atoms with E-state index in [1.54, 1.807) is 0 Å². The van der Waals surface area contributed by atoms with Gasteiger partial charge >= 0.3 is 0 Å². The van der Waals surface area contributed by atoms with Crippen molar-refractivity contribution in [2.45, 2.75) is 45.4 Å². The quantitative estimate of drug-likeness (QED) is 0.830. The van der Waals surface area contributed by atoms with E-state index in [9.17, 15) is 0 Å². The van der Waals surface area contributed by atoms with Crippen molar-refractivity contribution in [2.75, 3.05) is 0 Å². The number of rotatable bonds is 5. The van der Waals surface area contributed by atoms with Crippen molar-refractivity contribution >= 4 is 0 Å². The van der Waals surface area contributed by atoms with Crippen LogP contribution in [-0.2, 0) is 6.54 Å². The average Bonchev–Trinajstić information content (AvgIpc) is 3.03. The molecule has 0 atom stereocenters. The molecule has 0 unspecified atom stereocenters. The highest BCUT2D eigenvalue weighted by atomic mass is 16.5. The predicted octanol–water partition coefficient (Wildman–Crippen LogP) is 2.47. The van der Waals surface area contributed by atoms with Gasteiger partial charge in [0, 0.05) is 12.1 Å². The van der Waals surface area contributed by atoms with Gasteiger partial charge in [-0.05, 0) is 32.8 Å². The lowest BCUT2D eigenvalue weighted by Crippen LogP contribution is -2.10. The van der Waals surface area contributed by atoms with Crippen LogP contribution in [0.15, 0.2) is 18.2 Å². The smallest absolute Gasteiger partial charge is 0.166 e. The van der Waals surface area contributed by atoms with E-state index in [0.717, 1.165) is 29.9 Å². The van der Waals surface area contributed by atoms with Gasteiger partial charge in [-0.1, -0.05) is 12.1 Å². The fraction of sp³-hybridized carbons (Fsp3) is 0.538. The van der Waals surface area contributed by atoms with Gasteiger partial charge in [-0.3, -0.25) is 0 Å². The van der Waals surface area contributed by atoms with Crippen LogP contribution in [0.3, 0.4) is 0 Å². The third-order valence-electron chi connectivity index (χ3n) is 2.45. The Bertz CT molecular complexity index is 359. The molecule has 0 heterocycles. The van der Waals surface area contributed by atoms with Crippen molar-refractivity contribution in [3.8, 4) is 11.5 Å². The molecule has 1 aliphatic carbocycles. The van der Waals surface area contributed by atoms with Crippen LogP contribution in [0.25, 0.3) is 0 Å². The Morgan fingerprint density at radius 1 is 1.38 bits per heavy atom. The Balaban J connectivity index is 2.25.